The average molecular weight is 334 g/mol. The van der Waals surface area contributed by atoms with Gasteiger partial charge in [-0.15, -0.1) is 0 Å². The molecule has 0 aromatic heterocycles. The highest BCUT2D eigenvalue weighted by molar-refractivity contribution is 5.95. The van der Waals surface area contributed by atoms with Crippen molar-refractivity contribution in [3.05, 3.63) is 33.9 Å². The van der Waals surface area contributed by atoms with E-state index in [2.05, 4.69) is 10.2 Å². The summed E-state index contributed by atoms with van der Waals surface area (Å²) in [7, 11) is 1.38. The van der Waals surface area contributed by atoms with Crippen molar-refractivity contribution in [1.82, 2.24) is 15.1 Å². The molecule has 2 aliphatic rings. The van der Waals surface area contributed by atoms with Crippen LogP contribution < -0.4 is 10.1 Å². The number of carbonyl (C=O) groups excluding carboxylic acids is 1. The molecule has 0 radical (unpaired) electrons. The zero-order chi connectivity index (χ0) is 17.1. The molecule has 8 heteroatoms. The number of nitrogens with zero attached hydrogens (tertiary/aromatic N) is 3. The number of carbonyl (C=O) groups is 1. The van der Waals surface area contributed by atoms with Crippen molar-refractivity contribution in [2.24, 2.45) is 0 Å². The van der Waals surface area contributed by atoms with Crippen molar-refractivity contribution >= 4 is 11.6 Å². The molecule has 1 aromatic carbocycles. The maximum Gasteiger partial charge on any atom is 0.311 e. The summed E-state index contributed by atoms with van der Waals surface area (Å²) >= 11 is 0. The molecule has 1 aromatic rings. The van der Waals surface area contributed by atoms with Gasteiger partial charge in [-0.2, -0.15) is 0 Å². The Balaban J connectivity index is 1.66. The van der Waals surface area contributed by atoms with Gasteiger partial charge in [0.2, 0.25) is 0 Å². The maximum absolute atomic E-state index is 12.6. The molecule has 0 saturated carbocycles. The lowest BCUT2D eigenvalue weighted by atomic mass is 10.1. The van der Waals surface area contributed by atoms with E-state index in [1.54, 1.807) is 11.0 Å². The Hall–Kier alpha value is -2.19. The van der Waals surface area contributed by atoms with E-state index in [0.29, 0.717) is 24.7 Å². The Kier molecular flexibility index (Phi) is 4.96. The lowest BCUT2D eigenvalue weighted by Crippen LogP contribution is -2.52. The topological polar surface area (TPSA) is 88.0 Å². The molecule has 2 saturated heterocycles. The number of rotatable bonds is 4. The third-order valence-electron chi connectivity index (χ3n) is 4.77. The lowest BCUT2D eigenvalue weighted by molar-refractivity contribution is -0.385. The van der Waals surface area contributed by atoms with E-state index in [1.165, 1.54) is 19.2 Å². The fraction of sp³-hybridized carbons (Fsp3) is 0.562. The number of nitrogens with one attached hydrogen (secondary N) is 1. The van der Waals surface area contributed by atoms with Crippen LogP contribution in [0.4, 0.5) is 5.69 Å². The number of methoxy groups -OCH3 is 1. The van der Waals surface area contributed by atoms with Crippen LogP contribution in [0.2, 0.25) is 0 Å². The van der Waals surface area contributed by atoms with Gasteiger partial charge in [-0.1, -0.05) is 0 Å². The molecule has 2 aliphatic heterocycles. The van der Waals surface area contributed by atoms with Gasteiger partial charge in [-0.05, 0) is 25.1 Å². The highest BCUT2D eigenvalue weighted by Crippen LogP contribution is 2.28. The van der Waals surface area contributed by atoms with Crippen LogP contribution in [0.25, 0.3) is 0 Å². The van der Waals surface area contributed by atoms with E-state index in [0.717, 1.165) is 32.6 Å². The Labute approximate surface area is 140 Å². The second kappa shape index (κ2) is 7.14. The standard InChI is InChI=1S/C16H22N4O4/c1-24-15-3-2-12(10-14(15)20(22)23)16(21)19-8-6-18(7-9-19)13-4-5-17-11-13/h2-3,10,13,17H,4-9,11H2,1H3. The molecule has 1 atom stereocenters. The van der Waals surface area contributed by atoms with Crippen molar-refractivity contribution in [2.45, 2.75) is 12.5 Å². The molecule has 1 N–H and O–H groups in total. The first kappa shape index (κ1) is 16.7. The number of hydrogen-bond acceptors (Lipinski definition) is 6. The second-order valence-electron chi connectivity index (χ2n) is 6.12. The number of ether oxygens (including phenoxy) is 1. The normalized spacial score (nSPS) is 21.7. The minimum atomic E-state index is -0.527. The molecule has 1 unspecified atom stereocenters. The molecule has 2 fully saturated rings. The number of benzene rings is 1. The van der Waals surface area contributed by atoms with E-state index >= 15 is 0 Å². The Morgan fingerprint density at radius 2 is 2.08 bits per heavy atom. The molecule has 0 aliphatic carbocycles. The summed E-state index contributed by atoms with van der Waals surface area (Å²) in [5, 5.41) is 14.5. The van der Waals surface area contributed by atoms with Crippen molar-refractivity contribution < 1.29 is 14.5 Å². The Morgan fingerprint density at radius 1 is 1.33 bits per heavy atom. The smallest absolute Gasteiger partial charge is 0.311 e. The van der Waals surface area contributed by atoms with Crippen molar-refractivity contribution in [2.75, 3.05) is 46.4 Å². The monoisotopic (exact) mass is 334 g/mol. The molecular weight excluding hydrogens is 312 g/mol. The van der Waals surface area contributed by atoms with Crippen LogP contribution in [0, 0.1) is 10.1 Å². The predicted octanol–water partition coefficient (Wildman–Crippen LogP) is 0.723. The first-order valence-electron chi connectivity index (χ1n) is 8.16. The number of nitro groups is 1. The van der Waals surface area contributed by atoms with E-state index in [4.69, 9.17) is 4.74 Å². The highest BCUT2D eigenvalue weighted by atomic mass is 16.6. The van der Waals surface area contributed by atoms with Gasteiger partial charge in [-0.3, -0.25) is 19.8 Å². The summed E-state index contributed by atoms with van der Waals surface area (Å²) in [5.74, 6) is 0.0000488. The van der Waals surface area contributed by atoms with Gasteiger partial charge in [0.05, 0.1) is 12.0 Å². The molecule has 0 bridgehead atoms. The second-order valence-corrected chi connectivity index (χ2v) is 6.12. The van der Waals surface area contributed by atoms with E-state index in [9.17, 15) is 14.9 Å². The quantitative estimate of drug-likeness (QED) is 0.645. The molecule has 130 valence electrons. The van der Waals surface area contributed by atoms with Crippen molar-refractivity contribution in [3.63, 3.8) is 0 Å². The van der Waals surface area contributed by atoms with Gasteiger partial charge < -0.3 is 15.0 Å². The van der Waals surface area contributed by atoms with E-state index < -0.39 is 4.92 Å². The summed E-state index contributed by atoms with van der Waals surface area (Å²) < 4.78 is 4.98. The molecule has 0 spiro atoms. The van der Waals surface area contributed by atoms with E-state index in [-0.39, 0.29) is 17.3 Å². The molecule has 8 nitrogen and oxygen atoms in total. The molecule has 2 heterocycles. The summed E-state index contributed by atoms with van der Waals surface area (Å²) in [5.41, 5.74) is 0.150. The number of hydrogen-bond donors (Lipinski definition) is 1. The average Bonchev–Trinajstić information content (AvgIpc) is 3.15. The minimum Gasteiger partial charge on any atom is -0.490 e. The number of nitro benzene ring substituents is 1. The van der Waals surface area contributed by atoms with Crippen LogP contribution >= 0.6 is 0 Å². The number of amides is 1. The first-order chi connectivity index (χ1) is 11.6. The zero-order valence-electron chi connectivity index (χ0n) is 13.7. The zero-order valence-corrected chi connectivity index (χ0v) is 13.7. The van der Waals surface area contributed by atoms with Crippen LogP contribution in [0.1, 0.15) is 16.8 Å². The number of piperazine rings is 1. The van der Waals surface area contributed by atoms with Crippen LogP contribution in [-0.2, 0) is 0 Å². The first-order valence-corrected chi connectivity index (χ1v) is 8.16. The maximum atomic E-state index is 12.6. The van der Waals surface area contributed by atoms with Gasteiger partial charge in [-0.25, -0.2) is 0 Å². The Morgan fingerprint density at radius 3 is 2.67 bits per heavy atom. The van der Waals surface area contributed by atoms with Crippen LogP contribution in [0.3, 0.4) is 0 Å². The van der Waals surface area contributed by atoms with E-state index in [1.807, 2.05) is 0 Å². The summed E-state index contributed by atoms with van der Waals surface area (Å²) in [4.78, 5) is 27.4. The minimum absolute atomic E-state index is 0.162. The lowest BCUT2D eigenvalue weighted by Gasteiger charge is -2.37. The largest absolute Gasteiger partial charge is 0.490 e. The van der Waals surface area contributed by atoms with Gasteiger partial charge >= 0.3 is 5.69 Å². The van der Waals surface area contributed by atoms with Crippen molar-refractivity contribution in [3.8, 4) is 5.75 Å². The van der Waals surface area contributed by atoms with Crippen LogP contribution in [0.15, 0.2) is 18.2 Å². The fourth-order valence-corrected chi connectivity index (χ4v) is 3.39. The summed E-state index contributed by atoms with van der Waals surface area (Å²) in [6, 6.07) is 4.92. The van der Waals surface area contributed by atoms with Gasteiger partial charge in [0, 0.05) is 50.4 Å². The van der Waals surface area contributed by atoms with Crippen LogP contribution in [-0.4, -0.2) is 73.1 Å². The summed E-state index contributed by atoms with van der Waals surface area (Å²) in [6.07, 6.45) is 1.15. The molecule has 1 amide bonds. The van der Waals surface area contributed by atoms with Gasteiger partial charge in [0.25, 0.3) is 5.91 Å². The fourth-order valence-electron chi connectivity index (χ4n) is 3.39. The Bertz CT molecular complexity index is 623. The SMILES string of the molecule is COc1ccc(C(=O)N2CCN(C3CCNC3)CC2)cc1[N+](=O)[O-]. The van der Waals surface area contributed by atoms with Crippen LogP contribution in [0.5, 0.6) is 5.75 Å². The van der Waals surface area contributed by atoms with Gasteiger partial charge in [0.15, 0.2) is 5.75 Å². The third-order valence-corrected chi connectivity index (χ3v) is 4.77. The molecule has 3 rings (SSSR count). The predicted molar refractivity (Wildman–Crippen MR) is 88.4 cm³/mol. The summed E-state index contributed by atoms with van der Waals surface area (Å²) in [6.45, 7) is 5.05. The third kappa shape index (κ3) is 3.34. The highest BCUT2D eigenvalue weighted by Gasteiger charge is 2.29. The molecular formula is C16H22N4O4. The van der Waals surface area contributed by atoms with Gasteiger partial charge in [0.1, 0.15) is 0 Å². The van der Waals surface area contributed by atoms with Crippen molar-refractivity contribution in [1.29, 1.82) is 0 Å². The molecule has 24 heavy (non-hydrogen) atoms.